The number of oxazole rings is 1. The monoisotopic (exact) mass is 371 g/mol. The van der Waals surface area contributed by atoms with Crippen molar-refractivity contribution in [2.45, 2.75) is 51.5 Å². The summed E-state index contributed by atoms with van der Waals surface area (Å²) in [4.78, 5) is 31.5. The summed E-state index contributed by atoms with van der Waals surface area (Å²) in [5, 5.41) is 2.65. The summed E-state index contributed by atoms with van der Waals surface area (Å²) in [5.41, 5.74) is 1.61. The van der Waals surface area contributed by atoms with Gasteiger partial charge in [-0.1, -0.05) is 26.8 Å². The van der Waals surface area contributed by atoms with Crippen LogP contribution in [0.4, 0.5) is 10.1 Å². The van der Waals surface area contributed by atoms with E-state index in [9.17, 15) is 14.0 Å². The lowest BCUT2D eigenvalue weighted by atomic mass is 9.89. The van der Waals surface area contributed by atoms with Gasteiger partial charge in [0.1, 0.15) is 17.3 Å². The van der Waals surface area contributed by atoms with Crippen LogP contribution in [0.3, 0.4) is 0 Å². The van der Waals surface area contributed by atoms with Gasteiger partial charge in [0, 0.05) is 30.5 Å². The van der Waals surface area contributed by atoms with Gasteiger partial charge in [0.15, 0.2) is 5.89 Å². The molecule has 0 saturated carbocycles. The summed E-state index contributed by atoms with van der Waals surface area (Å²) in [6.45, 7) is 6.97. The Labute approximate surface area is 156 Å². The van der Waals surface area contributed by atoms with Crippen molar-refractivity contribution in [2.24, 2.45) is 0 Å². The van der Waals surface area contributed by atoms with Gasteiger partial charge >= 0.3 is 0 Å². The molecule has 2 aromatic rings. The van der Waals surface area contributed by atoms with Gasteiger partial charge in [-0.2, -0.15) is 0 Å². The lowest BCUT2D eigenvalue weighted by Gasteiger charge is -2.32. The zero-order chi connectivity index (χ0) is 19.3. The molecule has 2 aliphatic rings. The predicted octanol–water partition coefficient (Wildman–Crippen LogP) is 3.12. The first-order valence-electron chi connectivity index (χ1n) is 9.09. The fraction of sp³-hybridized carbons (Fsp3) is 0.450. The van der Waals surface area contributed by atoms with E-state index < -0.39 is 11.7 Å². The average Bonchev–Trinajstić information content (AvgIpc) is 3.03. The molecular formula is C20H22FN3O3. The van der Waals surface area contributed by atoms with E-state index >= 15 is 0 Å². The van der Waals surface area contributed by atoms with Gasteiger partial charge in [0.05, 0.1) is 12.5 Å². The van der Waals surface area contributed by atoms with Gasteiger partial charge in [0.2, 0.25) is 11.8 Å². The molecule has 1 unspecified atom stereocenters. The maximum atomic E-state index is 13.5. The van der Waals surface area contributed by atoms with Crippen molar-refractivity contribution in [3.63, 3.8) is 0 Å². The number of nitrogens with one attached hydrogen (secondary N) is 1. The number of hydrogen-bond donors (Lipinski definition) is 1. The van der Waals surface area contributed by atoms with Crippen LogP contribution in [0.5, 0.6) is 0 Å². The van der Waals surface area contributed by atoms with Gasteiger partial charge in [-0.15, -0.1) is 0 Å². The number of rotatable bonds is 1. The van der Waals surface area contributed by atoms with Crippen LogP contribution in [0.25, 0.3) is 0 Å². The topological polar surface area (TPSA) is 75.4 Å². The van der Waals surface area contributed by atoms with Gasteiger partial charge in [-0.05, 0) is 17.7 Å². The summed E-state index contributed by atoms with van der Waals surface area (Å²) in [7, 11) is 0. The number of aromatic nitrogens is 1. The highest BCUT2D eigenvalue weighted by Crippen LogP contribution is 2.35. The van der Waals surface area contributed by atoms with Crippen molar-refractivity contribution in [1.29, 1.82) is 0 Å². The molecule has 4 rings (SSSR count). The van der Waals surface area contributed by atoms with E-state index in [0.29, 0.717) is 36.7 Å². The van der Waals surface area contributed by atoms with E-state index in [2.05, 4.69) is 10.3 Å². The number of nitrogens with zero attached hydrogens (tertiary/aromatic N) is 2. The van der Waals surface area contributed by atoms with Crippen LogP contribution < -0.4 is 5.32 Å². The molecule has 3 heterocycles. The average molecular weight is 371 g/mol. The molecule has 0 spiro atoms. The molecule has 0 aliphatic carbocycles. The van der Waals surface area contributed by atoms with Crippen LogP contribution in [-0.4, -0.2) is 28.2 Å². The van der Waals surface area contributed by atoms with Crippen LogP contribution in [0, 0.1) is 5.82 Å². The van der Waals surface area contributed by atoms with E-state index in [4.69, 9.17) is 4.42 Å². The van der Waals surface area contributed by atoms with Crippen LogP contribution in [0.15, 0.2) is 22.6 Å². The number of halogens is 1. The van der Waals surface area contributed by atoms with E-state index in [1.165, 1.54) is 12.1 Å². The van der Waals surface area contributed by atoms with Crippen molar-refractivity contribution in [1.82, 2.24) is 9.88 Å². The molecule has 0 radical (unpaired) electrons. The lowest BCUT2D eigenvalue weighted by Crippen LogP contribution is -2.41. The van der Waals surface area contributed by atoms with Crippen molar-refractivity contribution >= 4 is 17.5 Å². The fourth-order valence-electron chi connectivity index (χ4n) is 3.59. The highest BCUT2D eigenvalue weighted by molar-refractivity contribution is 6.01. The summed E-state index contributed by atoms with van der Waals surface area (Å²) in [6, 6.07) is 4.15. The Morgan fingerprint density at radius 3 is 2.89 bits per heavy atom. The Hall–Kier alpha value is -2.70. The zero-order valence-electron chi connectivity index (χ0n) is 15.6. The van der Waals surface area contributed by atoms with Crippen molar-refractivity contribution in [2.75, 3.05) is 11.9 Å². The second kappa shape index (κ2) is 6.18. The van der Waals surface area contributed by atoms with Gasteiger partial charge < -0.3 is 14.6 Å². The third-order valence-corrected chi connectivity index (χ3v) is 5.03. The first-order valence-corrected chi connectivity index (χ1v) is 9.09. The fourth-order valence-corrected chi connectivity index (χ4v) is 3.59. The van der Waals surface area contributed by atoms with Crippen LogP contribution in [-0.2, 0) is 28.0 Å². The second-order valence-electron chi connectivity index (χ2n) is 8.19. The minimum Gasteiger partial charge on any atom is -0.445 e. The van der Waals surface area contributed by atoms with E-state index in [0.717, 1.165) is 11.5 Å². The SMILES string of the molecule is CC(C)(C)c1nc2c(o1)CCN(C(=O)C1CC(=O)Nc3cc(F)ccc31)C2. The molecule has 0 bridgehead atoms. The number of carbonyl (C=O) groups excluding carboxylic acids is 2. The van der Waals surface area contributed by atoms with Crippen LogP contribution in [0.1, 0.15) is 56.0 Å². The lowest BCUT2D eigenvalue weighted by molar-refractivity contribution is -0.135. The van der Waals surface area contributed by atoms with E-state index in [1.54, 1.807) is 11.0 Å². The summed E-state index contributed by atoms with van der Waals surface area (Å²) >= 11 is 0. The first-order chi connectivity index (χ1) is 12.7. The number of fused-ring (bicyclic) bond motifs is 2. The first kappa shape index (κ1) is 17.7. The molecule has 6 nitrogen and oxygen atoms in total. The van der Waals surface area contributed by atoms with E-state index in [1.807, 2.05) is 20.8 Å². The Morgan fingerprint density at radius 2 is 2.15 bits per heavy atom. The predicted molar refractivity (Wildman–Crippen MR) is 96.7 cm³/mol. The molecule has 1 N–H and O–H groups in total. The molecule has 142 valence electrons. The highest BCUT2D eigenvalue weighted by Gasteiger charge is 2.36. The quantitative estimate of drug-likeness (QED) is 0.836. The van der Waals surface area contributed by atoms with E-state index in [-0.39, 0.29) is 23.7 Å². The minimum absolute atomic E-state index is 0.0624. The normalized spacial score (nSPS) is 19.3. The second-order valence-corrected chi connectivity index (χ2v) is 8.19. The standard InChI is InChI=1S/C20H22FN3O3/c1-20(2,3)19-23-15-10-24(7-6-16(15)27-19)18(26)13-9-17(25)22-14-8-11(21)4-5-12(13)14/h4-5,8,13H,6-7,9-10H2,1-3H3,(H,22,25). The summed E-state index contributed by atoms with van der Waals surface area (Å²) in [6.07, 6.45) is 0.659. The molecule has 1 aromatic heterocycles. The molecule has 1 aromatic carbocycles. The molecule has 2 aliphatic heterocycles. The molecule has 0 saturated heterocycles. The van der Waals surface area contributed by atoms with Crippen LogP contribution in [0.2, 0.25) is 0 Å². The minimum atomic E-state index is -0.607. The third-order valence-electron chi connectivity index (χ3n) is 5.03. The maximum Gasteiger partial charge on any atom is 0.231 e. The van der Waals surface area contributed by atoms with Crippen molar-refractivity contribution in [3.8, 4) is 0 Å². The van der Waals surface area contributed by atoms with Gasteiger partial charge in [-0.25, -0.2) is 9.37 Å². The molecule has 27 heavy (non-hydrogen) atoms. The molecule has 2 amide bonds. The summed E-state index contributed by atoms with van der Waals surface area (Å²) in [5.74, 6) is 0.0312. The maximum absolute atomic E-state index is 13.5. The number of amides is 2. The smallest absolute Gasteiger partial charge is 0.231 e. The number of hydrogen-bond acceptors (Lipinski definition) is 4. The Balaban J connectivity index is 1.59. The largest absolute Gasteiger partial charge is 0.445 e. The molecular weight excluding hydrogens is 349 g/mol. The number of anilines is 1. The Morgan fingerprint density at radius 1 is 1.37 bits per heavy atom. The number of benzene rings is 1. The van der Waals surface area contributed by atoms with Gasteiger partial charge in [0.25, 0.3) is 0 Å². The zero-order valence-corrected chi connectivity index (χ0v) is 15.6. The third kappa shape index (κ3) is 3.22. The number of carbonyl (C=O) groups is 2. The summed E-state index contributed by atoms with van der Waals surface area (Å²) < 4.78 is 19.4. The molecule has 7 heteroatoms. The Bertz CT molecular complexity index is 929. The van der Waals surface area contributed by atoms with Crippen LogP contribution >= 0.6 is 0 Å². The van der Waals surface area contributed by atoms with Gasteiger partial charge in [-0.3, -0.25) is 9.59 Å². The molecule has 1 atom stereocenters. The highest BCUT2D eigenvalue weighted by atomic mass is 19.1. The van der Waals surface area contributed by atoms with Crippen molar-refractivity contribution < 1.29 is 18.4 Å². The molecule has 0 fully saturated rings. The van der Waals surface area contributed by atoms with Crippen molar-refractivity contribution in [3.05, 3.63) is 46.9 Å². The Kier molecular flexibility index (Phi) is 4.05.